The van der Waals surface area contributed by atoms with Gasteiger partial charge in [0.25, 0.3) is 11.5 Å². The van der Waals surface area contributed by atoms with Crippen LogP contribution < -0.4 is 16.2 Å². The van der Waals surface area contributed by atoms with E-state index in [2.05, 4.69) is 20.8 Å². The van der Waals surface area contributed by atoms with Crippen LogP contribution in [0.5, 0.6) is 0 Å². The normalized spacial score (nSPS) is 10.1. The Balaban J connectivity index is 2.15. The van der Waals surface area contributed by atoms with Crippen LogP contribution in [-0.4, -0.2) is 22.6 Å². The molecule has 1 aromatic carbocycles. The van der Waals surface area contributed by atoms with Crippen LogP contribution in [0, 0.1) is 6.92 Å². The van der Waals surface area contributed by atoms with E-state index in [-0.39, 0.29) is 11.5 Å². The van der Waals surface area contributed by atoms with Gasteiger partial charge in [-0.15, -0.1) is 0 Å². The van der Waals surface area contributed by atoms with Crippen LogP contribution in [0.1, 0.15) is 22.8 Å². The fourth-order valence-electron chi connectivity index (χ4n) is 1.80. The Morgan fingerprint density at radius 3 is 2.70 bits per heavy atom. The molecule has 6 nitrogen and oxygen atoms in total. The number of aromatic amines is 1. The average Bonchev–Trinajstić information content (AvgIpc) is 2.44. The number of aromatic nitrogens is 2. The molecule has 0 spiro atoms. The maximum Gasteiger partial charge on any atom is 0.264 e. The van der Waals surface area contributed by atoms with E-state index < -0.39 is 0 Å². The van der Waals surface area contributed by atoms with Gasteiger partial charge in [-0.25, -0.2) is 5.10 Å². The van der Waals surface area contributed by atoms with Crippen molar-refractivity contribution in [1.29, 1.82) is 0 Å². The number of benzene rings is 1. The summed E-state index contributed by atoms with van der Waals surface area (Å²) in [4.78, 5) is 22.9. The number of nitrogens with zero attached hydrogens (tertiary/aromatic N) is 1. The minimum Gasteiger partial charge on any atom is -0.385 e. The van der Waals surface area contributed by atoms with Crippen molar-refractivity contribution in [3.8, 4) is 0 Å². The summed E-state index contributed by atoms with van der Waals surface area (Å²) in [5.74, 6) is 0.0405. The van der Waals surface area contributed by atoms with Gasteiger partial charge in [0, 0.05) is 23.9 Å². The largest absolute Gasteiger partial charge is 0.385 e. The molecule has 6 heteroatoms. The smallest absolute Gasteiger partial charge is 0.264 e. The summed E-state index contributed by atoms with van der Waals surface area (Å²) in [7, 11) is 0. The fraction of sp³-hybridized carbons (Fsp3) is 0.214. The standard InChI is InChI=1S/C14H16N4O2/c1-3-15-11-5-4-10(8-9(11)2)14(20)16-12-6-7-13(19)18-17-12/h4-8,15H,3H2,1-2H3,(H,18,19)(H,16,17,20). The molecule has 1 heterocycles. The molecule has 0 unspecified atom stereocenters. The highest BCUT2D eigenvalue weighted by atomic mass is 16.2. The van der Waals surface area contributed by atoms with Gasteiger partial charge in [0.05, 0.1) is 0 Å². The molecule has 3 N–H and O–H groups in total. The zero-order chi connectivity index (χ0) is 14.5. The van der Waals surface area contributed by atoms with Crippen molar-refractivity contribution in [2.24, 2.45) is 0 Å². The molecule has 1 aromatic heterocycles. The van der Waals surface area contributed by atoms with Gasteiger partial charge < -0.3 is 10.6 Å². The third kappa shape index (κ3) is 3.23. The van der Waals surface area contributed by atoms with Crippen molar-refractivity contribution in [1.82, 2.24) is 10.2 Å². The first-order chi connectivity index (χ1) is 9.60. The van der Waals surface area contributed by atoms with Crippen molar-refractivity contribution in [2.75, 3.05) is 17.2 Å². The topological polar surface area (TPSA) is 86.9 Å². The minimum atomic E-state index is -0.311. The molecule has 0 atom stereocenters. The lowest BCUT2D eigenvalue weighted by Crippen LogP contribution is -2.16. The molecular weight excluding hydrogens is 256 g/mol. The van der Waals surface area contributed by atoms with E-state index >= 15 is 0 Å². The first kappa shape index (κ1) is 13.8. The zero-order valence-electron chi connectivity index (χ0n) is 11.4. The summed E-state index contributed by atoms with van der Waals surface area (Å²) >= 11 is 0. The van der Waals surface area contributed by atoms with Gasteiger partial charge in [-0.1, -0.05) is 0 Å². The van der Waals surface area contributed by atoms with Crippen LogP contribution in [0.2, 0.25) is 0 Å². The molecule has 1 amide bonds. The third-order valence-corrected chi connectivity index (χ3v) is 2.78. The molecule has 104 valence electrons. The molecule has 0 aliphatic rings. The van der Waals surface area contributed by atoms with Gasteiger partial charge in [0.2, 0.25) is 0 Å². The Morgan fingerprint density at radius 1 is 1.30 bits per heavy atom. The van der Waals surface area contributed by atoms with Gasteiger partial charge in [-0.3, -0.25) is 9.59 Å². The van der Waals surface area contributed by atoms with E-state index in [1.54, 1.807) is 12.1 Å². The number of anilines is 2. The number of carbonyl (C=O) groups excluding carboxylic acids is 1. The molecule has 2 aromatic rings. The monoisotopic (exact) mass is 272 g/mol. The SMILES string of the molecule is CCNc1ccc(C(=O)Nc2ccc(=O)[nH]n2)cc1C. The maximum absolute atomic E-state index is 12.1. The summed E-state index contributed by atoms with van der Waals surface area (Å²) in [6.45, 7) is 4.78. The number of amides is 1. The Kier molecular flexibility index (Phi) is 4.14. The number of nitrogens with one attached hydrogen (secondary N) is 3. The second kappa shape index (κ2) is 6.01. The Bertz CT molecular complexity index is 659. The predicted octanol–water partition coefficient (Wildman–Crippen LogP) is 1.76. The quantitative estimate of drug-likeness (QED) is 0.791. The van der Waals surface area contributed by atoms with Gasteiger partial charge in [-0.05, 0) is 43.7 Å². The minimum absolute atomic E-state index is 0.268. The van der Waals surface area contributed by atoms with Crippen LogP contribution in [0.15, 0.2) is 35.1 Å². The van der Waals surface area contributed by atoms with Crippen LogP contribution in [-0.2, 0) is 0 Å². The van der Waals surface area contributed by atoms with Gasteiger partial charge >= 0.3 is 0 Å². The van der Waals surface area contributed by atoms with E-state index in [9.17, 15) is 9.59 Å². The average molecular weight is 272 g/mol. The Hall–Kier alpha value is -2.63. The van der Waals surface area contributed by atoms with Crippen molar-refractivity contribution in [3.05, 3.63) is 51.8 Å². The highest BCUT2D eigenvalue weighted by Crippen LogP contribution is 2.17. The number of aryl methyl sites for hydroxylation is 1. The highest BCUT2D eigenvalue weighted by Gasteiger charge is 2.08. The number of H-pyrrole nitrogens is 1. The second-order valence-corrected chi connectivity index (χ2v) is 4.32. The van der Waals surface area contributed by atoms with E-state index in [0.717, 1.165) is 17.8 Å². The number of hydrogen-bond donors (Lipinski definition) is 3. The molecule has 0 aliphatic carbocycles. The summed E-state index contributed by atoms with van der Waals surface area (Å²) in [5, 5.41) is 11.8. The second-order valence-electron chi connectivity index (χ2n) is 4.32. The molecule has 0 saturated heterocycles. The summed E-state index contributed by atoms with van der Waals surface area (Å²) in [6.07, 6.45) is 0. The van der Waals surface area contributed by atoms with Crippen molar-refractivity contribution >= 4 is 17.4 Å². The van der Waals surface area contributed by atoms with Crippen LogP contribution >= 0.6 is 0 Å². The van der Waals surface area contributed by atoms with Crippen molar-refractivity contribution in [3.63, 3.8) is 0 Å². The van der Waals surface area contributed by atoms with E-state index in [1.807, 2.05) is 19.9 Å². The molecule has 0 radical (unpaired) electrons. The van der Waals surface area contributed by atoms with Crippen molar-refractivity contribution in [2.45, 2.75) is 13.8 Å². The number of carbonyl (C=O) groups is 1. The number of rotatable bonds is 4. The summed E-state index contributed by atoms with van der Waals surface area (Å²) in [6, 6.07) is 8.18. The summed E-state index contributed by atoms with van der Waals surface area (Å²) < 4.78 is 0. The van der Waals surface area contributed by atoms with Crippen LogP contribution in [0.3, 0.4) is 0 Å². The lowest BCUT2D eigenvalue weighted by atomic mass is 10.1. The third-order valence-electron chi connectivity index (χ3n) is 2.78. The first-order valence-corrected chi connectivity index (χ1v) is 6.31. The molecule has 0 fully saturated rings. The first-order valence-electron chi connectivity index (χ1n) is 6.31. The van der Waals surface area contributed by atoms with Crippen molar-refractivity contribution < 1.29 is 4.79 Å². The maximum atomic E-state index is 12.1. The molecule has 20 heavy (non-hydrogen) atoms. The number of hydrogen-bond acceptors (Lipinski definition) is 4. The molecule has 0 bridgehead atoms. The Morgan fingerprint density at radius 2 is 2.10 bits per heavy atom. The van der Waals surface area contributed by atoms with E-state index in [4.69, 9.17) is 0 Å². The molecule has 0 aliphatic heterocycles. The summed E-state index contributed by atoms with van der Waals surface area (Å²) in [5.41, 5.74) is 2.23. The van der Waals surface area contributed by atoms with Gasteiger partial charge in [-0.2, -0.15) is 5.10 Å². The van der Waals surface area contributed by atoms with Crippen LogP contribution in [0.4, 0.5) is 11.5 Å². The van der Waals surface area contributed by atoms with E-state index in [0.29, 0.717) is 11.4 Å². The highest BCUT2D eigenvalue weighted by molar-refractivity contribution is 6.04. The lowest BCUT2D eigenvalue weighted by molar-refractivity contribution is 0.102. The molecule has 0 saturated carbocycles. The van der Waals surface area contributed by atoms with Gasteiger partial charge in [0.15, 0.2) is 5.82 Å². The van der Waals surface area contributed by atoms with Gasteiger partial charge in [0.1, 0.15) is 0 Å². The fourth-order valence-corrected chi connectivity index (χ4v) is 1.80. The predicted molar refractivity (Wildman–Crippen MR) is 78.2 cm³/mol. The molecular formula is C14H16N4O2. The zero-order valence-corrected chi connectivity index (χ0v) is 11.4. The molecule has 2 rings (SSSR count). The lowest BCUT2D eigenvalue weighted by Gasteiger charge is -2.09. The van der Waals surface area contributed by atoms with E-state index in [1.165, 1.54) is 12.1 Å². The Labute approximate surface area is 116 Å². The van der Waals surface area contributed by atoms with Crippen LogP contribution in [0.25, 0.3) is 0 Å².